The fraction of sp³-hybridized carbons (Fsp3) is 0.118. The third kappa shape index (κ3) is 4.89. The average Bonchev–Trinajstić information content (AvgIpc) is 2.55. The van der Waals surface area contributed by atoms with Crippen molar-refractivity contribution in [1.82, 2.24) is 0 Å². The van der Waals surface area contributed by atoms with Gasteiger partial charge in [0.05, 0.1) is 6.61 Å². The van der Waals surface area contributed by atoms with Gasteiger partial charge in [-0.1, -0.05) is 42.5 Å². The smallest absolute Gasteiger partial charge is 0.412 e. The van der Waals surface area contributed by atoms with Crippen molar-refractivity contribution in [2.45, 2.75) is 6.61 Å². The molecule has 0 atom stereocenters. The summed E-state index contributed by atoms with van der Waals surface area (Å²) in [5.74, 6) is -1.86. The number of aliphatic hydroxyl groups excluding tert-OH is 1. The van der Waals surface area contributed by atoms with Crippen molar-refractivity contribution < 1.29 is 23.4 Å². The first kappa shape index (κ1) is 16.6. The molecular weight excluding hydrogens is 304 g/mol. The Bertz CT molecular complexity index is 679. The monoisotopic (exact) mass is 319 g/mol. The molecule has 0 aliphatic heterocycles. The highest BCUT2D eigenvalue weighted by atomic mass is 19.1. The number of hydrogen-bond acceptors (Lipinski definition) is 3. The van der Waals surface area contributed by atoms with E-state index in [-0.39, 0.29) is 18.8 Å². The van der Waals surface area contributed by atoms with Crippen molar-refractivity contribution >= 4 is 17.9 Å². The number of amides is 1. The summed E-state index contributed by atoms with van der Waals surface area (Å²) in [6.45, 7) is -0.248. The number of ether oxygens (including phenoxy) is 1. The van der Waals surface area contributed by atoms with E-state index in [0.717, 1.165) is 17.7 Å². The second-order valence-electron chi connectivity index (χ2n) is 4.63. The van der Waals surface area contributed by atoms with Crippen LogP contribution in [-0.2, 0) is 11.3 Å². The van der Waals surface area contributed by atoms with E-state index in [9.17, 15) is 13.6 Å². The number of aliphatic hydroxyl groups is 1. The van der Waals surface area contributed by atoms with Crippen LogP contribution in [0.4, 0.5) is 19.3 Å². The van der Waals surface area contributed by atoms with Gasteiger partial charge < -0.3 is 9.84 Å². The molecule has 0 spiro atoms. The van der Waals surface area contributed by atoms with Gasteiger partial charge >= 0.3 is 6.09 Å². The number of hydrogen-bond donors (Lipinski definition) is 2. The minimum absolute atomic E-state index is 0.00671. The summed E-state index contributed by atoms with van der Waals surface area (Å²) in [7, 11) is 0. The highest BCUT2D eigenvalue weighted by Gasteiger charge is 2.14. The molecule has 6 heteroatoms. The lowest BCUT2D eigenvalue weighted by Crippen LogP contribution is -2.15. The Hall–Kier alpha value is -2.73. The van der Waals surface area contributed by atoms with Crippen LogP contribution >= 0.6 is 0 Å². The molecule has 0 unspecified atom stereocenters. The quantitative estimate of drug-likeness (QED) is 0.883. The summed E-state index contributed by atoms with van der Waals surface area (Å²) in [5, 5.41) is 10.7. The van der Waals surface area contributed by atoms with E-state index in [2.05, 4.69) is 0 Å². The van der Waals surface area contributed by atoms with Gasteiger partial charge in [0.1, 0.15) is 23.9 Å². The summed E-state index contributed by atoms with van der Waals surface area (Å²) in [6, 6.07) is 11.0. The average molecular weight is 319 g/mol. The minimum atomic E-state index is -0.953. The lowest BCUT2D eigenvalue weighted by Gasteiger charge is -2.09. The number of carbonyl (C=O) groups is 1. The molecule has 120 valence electrons. The molecule has 0 saturated carbocycles. The second-order valence-corrected chi connectivity index (χ2v) is 4.63. The largest absolute Gasteiger partial charge is 0.444 e. The Balaban J connectivity index is 2.01. The van der Waals surface area contributed by atoms with Crippen LogP contribution in [0, 0.1) is 11.6 Å². The fourth-order valence-corrected chi connectivity index (χ4v) is 1.86. The molecule has 0 fully saturated rings. The number of halogens is 2. The zero-order valence-electron chi connectivity index (χ0n) is 12.1. The van der Waals surface area contributed by atoms with Crippen LogP contribution in [0.15, 0.2) is 48.5 Å². The molecule has 0 bridgehead atoms. The SMILES string of the molecule is O=C(Nc1c(F)cc(/C=C/CO)cc1F)OCc1ccccc1. The molecule has 0 saturated heterocycles. The minimum Gasteiger partial charge on any atom is -0.444 e. The van der Waals surface area contributed by atoms with Crippen LogP contribution in [-0.4, -0.2) is 17.8 Å². The number of rotatable bonds is 5. The van der Waals surface area contributed by atoms with Crippen molar-refractivity contribution in [3.8, 4) is 0 Å². The van der Waals surface area contributed by atoms with E-state index in [1.807, 2.05) is 11.4 Å². The van der Waals surface area contributed by atoms with Crippen LogP contribution in [0.3, 0.4) is 0 Å². The van der Waals surface area contributed by atoms with E-state index in [4.69, 9.17) is 9.84 Å². The number of anilines is 1. The molecule has 1 amide bonds. The second kappa shape index (κ2) is 8.05. The van der Waals surface area contributed by atoms with Gasteiger partial charge in [-0.3, -0.25) is 5.32 Å². The van der Waals surface area contributed by atoms with Crippen molar-refractivity contribution in [1.29, 1.82) is 0 Å². The molecular formula is C17H15F2NO3. The van der Waals surface area contributed by atoms with E-state index < -0.39 is 23.4 Å². The maximum atomic E-state index is 13.9. The van der Waals surface area contributed by atoms with Crippen molar-refractivity contribution in [3.63, 3.8) is 0 Å². The summed E-state index contributed by atoms with van der Waals surface area (Å²) < 4.78 is 32.6. The predicted molar refractivity (Wildman–Crippen MR) is 82.7 cm³/mol. The number of carbonyl (C=O) groups excluding carboxylic acids is 1. The lowest BCUT2D eigenvalue weighted by atomic mass is 10.1. The first-order valence-corrected chi connectivity index (χ1v) is 6.84. The highest BCUT2D eigenvalue weighted by molar-refractivity contribution is 5.85. The normalized spacial score (nSPS) is 10.7. The molecule has 2 aromatic rings. The van der Waals surface area contributed by atoms with Gasteiger partial charge in [0.15, 0.2) is 0 Å². The van der Waals surface area contributed by atoms with Gasteiger partial charge in [0, 0.05) is 0 Å². The van der Waals surface area contributed by atoms with E-state index in [1.54, 1.807) is 24.3 Å². The van der Waals surface area contributed by atoms with Gasteiger partial charge in [-0.05, 0) is 23.3 Å². The predicted octanol–water partition coefficient (Wildman–Crippen LogP) is 3.72. The van der Waals surface area contributed by atoms with Crippen LogP contribution in [0.2, 0.25) is 0 Å². The zero-order chi connectivity index (χ0) is 16.7. The standard InChI is InChI=1S/C17H15F2NO3/c18-14-9-13(7-4-8-21)10-15(19)16(14)20-17(22)23-11-12-5-2-1-3-6-12/h1-7,9-10,21H,8,11H2,(H,20,22)/b7-4+. The van der Waals surface area contributed by atoms with Gasteiger partial charge in [-0.2, -0.15) is 0 Å². The lowest BCUT2D eigenvalue weighted by molar-refractivity contribution is 0.155. The third-order valence-electron chi connectivity index (χ3n) is 2.92. The Kier molecular flexibility index (Phi) is 5.82. The maximum absolute atomic E-state index is 13.9. The van der Waals surface area contributed by atoms with E-state index in [0.29, 0.717) is 0 Å². The van der Waals surface area contributed by atoms with E-state index >= 15 is 0 Å². The summed E-state index contributed by atoms with van der Waals surface area (Å²) in [5.41, 5.74) is 0.412. The molecule has 0 heterocycles. The summed E-state index contributed by atoms with van der Waals surface area (Å²) >= 11 is 0. The molecule has 0 radical (unpaired) electrons. The molecule has 2 rings (SSSR count). The van der Waals surface area contributed by atoms with E-state index in [1.165, 1.54) is 12.2 Å². The van der Waals surface area contributed by atoms with Gasteiger partial charge in [-0.25, -0.2) is 13.6 Å². The molecule has 0 aliphatic rings. The molecule has 2 N–H and O–H groups in total. The van der Waals surface area contributed by atoms with Crippen molar-refractivity contribution in [2.24, 2.45) is 0 Å². The van der Waals surface area contributed by atoms with Crippen LogP contribution in [0.1, 0.15) is 11.1 Å². The van der Waals surface area contributed by atoms with Gasteiger partial charge in [-0.15, -0.1) is 0 Å². The van der Waals surface area contributed by atoms with Crippen molar-refractivity contribution in [2.75, 3.05) is 11.9 Å². The molecule has 0 aliphatic carbocycles. The number of nitrogens with one attached hydrogen (secondary N) is 1. The highest BCUT2D eigenvalue weighted by Crippen LogP contribution is 2.22. The van der Waals surface area contributed by atoms with Crippen molar-refractivity contribution in [3.05, 3.63) is 71.3 Å². The van der Waals surface area contributed by atoms with Crippen LogP contribution < -0.4 is 5.32 Å². The fourth-order valence-electron chi connectivity index (χ4n) is 1.86. The van der Waals surface area contributed by atoms with Crippen LogP contribution in [0.5, 0.6) is 0 Å². The number of benzene rings is 2. The van der Waals surface area contributed by atoms with Gasteiger partial charge in [0.2, 0.25) is 0 Å². The topological polar surface area (TPSA) is 58.6 Å². The Morgan fingerprint density at radius 2 is 1.83 bits per heavy atom. The third-order valence-corrected chi connectivity index (χ3v) is 2.92. The summed E-state index contributed by atoms with van der Waals surface area (Å²) in [6.07, 6.45) is 1.75. The maximum Gasteiger partial charge on any atom is 0.412 e. The van der Waals surface area contributed by atoms with Crippen LogP contribution in [0.25, 0.3) is 6.08 Å². The Labute approximate surface area is 132 Å². The first-order chi connectivity index (χ1) is 11.1. The van der Waals surface area contributed by atoms with Gasteiger partial charge in [0.25, 0.3) is 0 Å². The molecule has 23 heavy (non-hydrogen) atoms. The Morgan fingerprint density at radius 1 is 1.17 bits per heavy atom. The molecule has 0 aromatic heterocycles. The molecule has 2 aromatic carbocycles. The summed E-state index contributed by atoms with van der Waals surface area (Å²) in [4.78, 5) is 11.6. The molecule has 4 nitrogen and oxygen atoms in total. The Morgan fingerprint density at radius 3 is 2.43 bits per heavy atom. The first-order valence-electron chi connectivity index (χ1n) is 6.84. The zero-order valence-corrected chi connectivity index (χ0v) is 12.1.